The van der Waals surface area contributed by atoms with Crippen LogP contribution >= 0.6 is 0 Å². The Hall–Kier alpha value is -2.76. The van der Waals surface area contributed by atoms with Gasteiger partial charge >= 0.3 is 0 Å². The SMILES string of the molecule is COc1cccc(CN2CCC3(CCN(C(=O)c4ccoc4C)C3)C2=O)c1. The number of carbonyl (C=O) groups is 2. The van der Waals surface area contributed by atoms with Gasteiger partial charge in [0.15, 0.2) is 0 Å². The standard InChI is InChI=1S/C21H24N2O4/c1-15-18(6-11-27-15)19(24)23-10-8-21(14-23)7-9-22(20(21)25)13-16-4-3-5-17(12-16)26-2/h3-6,11-12H,7-10,13-14H2,1-2H3. The Morgan fingerprint density at radius 3 is 2.81 bits per heavy atom. The summed E-state index contributed by atoms with van der Waals surface area (Å²) in [6.07, 6.45) is 3.05. The van der Waals surface area contributed by atoms with Crippen LogP contribution in [-0.2, 0) is 11.3 Å². The molecule has 2 amide bonds. The summed E-state index contributed by atoms with van der Waals surface area (Å²) in [7, 11) is 1.64. The number of likely N-dealkylation sites (tertiary alicyclic amines) is 2. The highest BCUT2D eigenvalue weighted by molar-refractivity contribution is 5.96. The lowest BCUT2D eigenvalue weighted by molar-refractivity contribution is -0.135. The molecule has 0 radical (unpaired) electrons. The van der Waals surface area contributed by atoms with Crippen LogP contribution in [0.15, 0.2) is 41.0 Å². The number of furan rings is 1. The van der Waals surface area contributed by atoms with E-state index >= 15 is 0 Å². The van der Waals surface area contributed by atoms with E-state index in [0.29, 0.717) is 31.0 Å². The largest absolute Gasteiger partial charge is 0.497 e. The first-order chi connectivity index (χ1) is 13.0. The van der Waals surface area contributed by atoms with Gasteiger partial charge in [-0.2, -0.15) is 0 Å². The lowest BCUT2D eigenvalue weighted by Gasteiger charge is -2.24. The van der Waals surface area contributed by atoms with Crippen molar-refractivity contribution >= 4 is 11.8 Å². The van der Waals surface area contributed by atoms with Crippen LogP contribution in [0.4, 0.5) is 0 Å². The molecule has 1 spiro atoms. The minimum Gasteiger partial charge on any atom is -0.497 e. The molecule has 2 aliphatic rings. The molecular weight excluding hydrogens is 344 g/mol. The van der Waals surface area contributed by atoms with Crippen LogP contribution in [-0.4, -0.2) is 48.4 Å². The summed E-state index contributed by atoms with van der Waals surface area (Å²) in [6, 6.07) is 9.51. The summed E-state index contributed by atoms with van der Waals surface area (Å²) in [5.74, 6) is 1.53. The van der Waals surface area contributed by atoms with E-state index in [0.717, 1.165) is 30.7 Å². The number of benzene rings is 1. The van der Waals surface area contributed by atoms with Crippen molar-refractivity contribution in [1.82, 2.24) is 9.80 Å². The van der Waals surface area contributed by atoms with E-state index in [1.807, 2.05) is 29.2 Å². The minimum absolute atomic E-state index is 0.0443. The molecule has 1 aromatic heterocycles. The van der Waals surface area contributed by atoms with Gasteiger partial charge in [0.05, 0.1) is 24.4 Å². The number of hydrogen-bond acceptors (Lipinski definition) is 4. The fourth-order valence-electron chi connectivity index (χ4n) is 4.24. The third kappa shape index (κ3) is 3.09. The van der Waals surface area contributed by atoms with Crippen molar-refractivity contribution in [3.63, 3.8) is 0 Å². The van der Waals surface area contributed by atoms with Crippen molar-refractivity contribution in [2.75, 3.05) is 26.7 Å². The Morgan fingerprint density at radius 1 is 1.26 bits per heavy atom. The molecule has 3 heterocycles. The van der Waals surface area contributed by atoms with Gasteiger partial charge < -0.3 is 19.0 Å². The molecule has 6 nitrogen and oxygen atoms in total. The average Bonchev–Trinajstić information content (AvgIpc) is 3.38. The zero-order valence-corrected chi connectivity index (χ0v) is 15.7. The molecular formula is C21H24N2O4. The van der Waals surface area contributed by atoms with E-state index in [1.165, 1.54) is 6.26 Å². The van der Waals surface area contributed by atoms with Crippen LogP contribution in [0.25, 0.3) is 0 Å². The average molecular weight is 368 g/mol. The fraction of sp³-hybridized carbons (Fsp3) is 0.429. The lowest BCUT2D eigenvalue weighted by atomic mass is 9.85. The normalized spacial score (nSPS) is 22.1. The highest BCUT2D eigenvalue weighted by Gasteiger charge is 2.51. The van der Waals surface area contributed by atoms with Crippen molar-refractivity contribution in [2.45, 2.75) is 26.3 Å². The Kier molecular flexibility index (Phi) is 4.42. The first-order valence-corrected chi connectivity index (χ1v) is 9.28. The van der Waals surface area contributed by atoms with Gasteiger partial charge in [-0.15, -0.1) is 0 Å². The fourth-order valence-corrected chi connectivity index (χ4v) is 4.24. The summed E-state index contributed by atoms with van der Waals surface area (Å²) < 4.78 is 10.5. The van der Waals surface area contributed by atoms with Gasteiger partial charge in [0.1, 0.15) is 11.5 Å². The third-order valence-corrected chi connectivity index (χ3v) is 5.84. The molecule has 2 saturated heterocycles. The number of nitrogens with zero attached hydrogens (tertiary/aromatic N) is 2. The van der Waals surface area contributed by atoms with Gasteiger partial charge in [-0.25, -0.2) is 0 Å². The summed E-state index contributed by atoms with van der Waals surface area (Å²) in [5, 5.41) is 0. The minimum atomic E-state index is -0.438. The first-order valence-electron chi connectivity index (χ1n) is 9.28. The molecule has 1 atom stereocenters. The maximum atomic E-state index is 13.1. The van der Waals surface area contributed by atoms with Crippen LogP contribution in [0, 0.1) is 12.3 Å². The Bertz CT molecular complexity index is 875. The third-order valence-electron chi connectivity index (χ3n) is 5.84. The van der Waals surface area contributed by atoms with Gasteiger partial charge in [-0.3, -0.25) is 9.59 Å². The molecule has 27 heavy (non-hydrogen) atoms. The quantitative estimate of drug-likeness (QED) is 0.833. The van der Waals surface area contributed by atoms with Crippen molar-refractivity contribution in [2.24, 2.45) is 5.41 Å². The molecule has 4 rings (SSSR count). The number of rotatable bonds is 4. The summed E-state index contributed by atoms with van der Waals surface area (Å²) in [4.78, 5) is 29.6. The molecule has 6 heteroatoms. The molecule has 0 aliphatic carbocycles. The number of aryl methyl sites for hydroxylation is 1. The van der Waals surface area contributed by atoms with E-state index in [4.69, 9.17) is 9.15 Å². The molecule has 2 fully saturated rings. The Balaban J connectivity index is 1.45. The number of carbonyl (C=O) groups excluding carboxylic acids is 2. The highest BCUT2D eigenvalue weighted by Crippen LogP contribution is 2.41. The van der Waals surface area contributed by atoms with Crippen LogP contribution in [0.3, 0.4) is 0 Å². The number of hydrogen-bond donors (Lipinski definition) is 0. The second-order valence-electron chi connectivity index (χ2n) is 7.48. The van der Waals surface area contributed by atoms with E-state index in [9.17, 15) is 9.59 Å². The van der Waals surface area contributed by atoms with Crippen molar-refractivity contribution in [3.8, 4) is 5.75 Å². The second kappa shape index (κ2) is 6.76. The molecule has 0 N–H and O–H groups in total. The summed E-state index contributed by atoms with van der Waals surface area (Å²) >= 11 is 0. The highest BCUT2D eigenvalue weighted by atomic mass is 16.5. The van der Waals surface area contributed by atoms with Gasteiger partial charge in [-0.1, -0.05) is 12.1 Å². The molecule has 0 bridgehead atoms. The van der Waals surface area contributed by atoms with E-state index in [-0.39, 0.29) is 11.8 Å². The molecule has 2 aliphatic heterocycles. The smallest absolute Gasteiger partial charge is 0.257 e. The van der Waals surface area contributed by atoms with Crippen molar-refractivity contribution in [3.05, 3.63) is 53.5 Å². The van der Waals surface area contributed by atoms with Gasteiger partial charge in [0, 0.05) is 26.2 Å². The topological polar surface area (TPSA) is 63.0 Å². The van der Waals surface area contributed by atoms with Crippen molar-refractivity contribution in [1.29, 1.82) is 0 Å². The summed E-state index contributed by atoms with van der Waals surface area (Å²) in [6.45, 7) is 4.19. The first kappa shape index (κ1) is 17.6. The number of ether oxygens (including phenoxy) is 1. The van der Waals surface area contributed by atoms with Crippen LogP contribution in [0.5, 0.6) is 5.75 Å². The zero-order chi connectivity index (χ0) is 19.0. The van der Waals surface area contributed by atoms with E-state index in [2.05, 4.69) is 0 Å². The van der Waals surface area contributed by atoms with E-state index in [1.54, 1.807) is 25.0 Å². The van der Waals surface area contributed by atoms with E-state index < -0.39 is 5.41 Å². The molecule has 0 saturated carbocycles. The maximum absolute atomic E-state index is 13.1. The monoisotopic (exact) mass is 368 g/mol. The lowest BCUT2D eigenvalue weighted by Crippen LogP contribution is -2.38. The van der Waals surface area contributed by atoms with Crippen LogP contribution in [0.2, 0.25) is 0 Å². The Morgan fingerprint density at radius 2 is 2.07 bits per heavy atom. The molecule has 1 aromatic carbocycles. The van der Waals surface area contributed by atoms with Crippen molar-refractivity contribution < 1.29 is 18.7 Å². The number of amides is 2. The maximum Gasteiger partial charge on any atom is 0.257 e. The van der Waals surface area contributed by atoms with Gasteiger partial charge in [0.25, 0.3) is 5.91 Å². The van der Waals surface area contributed by atoms with Crippen LogP contribution < -0.4 is 4.74 Å². The zero-order valence-electron chi connectivity index (χ0n) is 15.7. The predicted molar refractivity (Wildman–Crippen MR) is 99.4 cm³/mol. The molecule has 142 valence electrons. The second-order valence-corrected chi connectivity index (χ2v) is 7.48. The van der Waals surface area contributed by atoms with Gasteiger partial charge in [-0.05, 0) is 43.5 Å². The number of methoxy groups -OCH3 is 1. The van der Waals surface area contributed by atoms with Gasteiger partial charge in [0.2, 0.25) is 5.91 Å². The molecule has 1 unspecified atom stereocenters. The summed E-state index contributed by atoms with van der Waals surface area (Å²) in [5.41, 5.74) is 1.21. The predicted octanol–water partition coefficient (Wildman–Crippen LogP) is 2.86. The Labute approximate surface area is 158 Å². The molecule has 2 aromatic rings. The van der Waals surface area contributed by atoms with Crippen LogP contribution in [0.1, 0.15) is 34.5 Å².